The molecule has 2 atom stereocenters. The predicted molar refractivity (Wildman–Crippen MR) is 104 cm³/mol. The summed E-state index contributed by atoms with van der Waals surface area (Å²) in [6.45, 7) is 2.50. The molecule has 0 N–H and O–H groups in total. The maximum Gasteiger partial charge on any atom is 0.246 e. The van der Waals surface area contributed by atoms with Crippen LogP contribution in [0.15, 0.2) is 53.9 Å². The second-order valence-corrected chi connectivity index (χ2v) is 7.84. The number of carbonyl (C=O) groups excluding carboxylic acids is 2. The molecule has 2 amide bonds. The fourth-order valence-corrected chi connectivity index (χ4v) is 4.41. The first-order chi connectivity index (χ1) is 12.7. The van der Waals surface area contributed by atoms with E-state index in [4.69, 9.17) is 0 Å². The van der Waals surface area contributed by atoms with Crippen LogP contribution in [0.25, 0.3) is 6.08 Å². The van der Waals surface area contributed by atoms with Crippen LogP contribution in [0.5, 0.6) is 0 Å². The number of thiophene rings is 1. The zero-order chi connectivity index (χ0) is 17.9. The van der Waals surface area contributed by atoms with Gasteiger partial charge in [-0.2, -0.15) is 0 Å². The van der Waals surface area contributed by atoms with Gasteiger partial charge >= 0.3 is 0 Å². The molecule has 1 saturated heterocycles. The average Bonchev–Trinajstić information content (AvgIpc) is 3.31. The van der Waals surface area contributed by atoms with Crippen LogP contribution >= 0.6 is 11.3 Å². The predicted octanol–water partition coefficient (Wildman–Crippen LogP) is 3.24. The Hall–Kier alpha value is -2.40. The van der Waals surface area contributed by atoms with Crippen molar-refractivity contribution >= 4 is 29.2 Å². The van der Waals surface area contributed by atoms with Crippen LogP contribution in [-0.4, -0.2) is 47.8 Å². The van der Waals surface area contributed by atoms with Crippen molar-refractivity contribution in [1.82, 2.24) is 9.80 Å². The number of piperazine rings is 1. The van der Waals surface area contributed by atoms with E-state index in [0.29, 0.717) is 32.1 Å². The molecule has 5 heteroatoms. The van der Waals surface area contributed by atoms with Gasteiger partial charge in [0.15, 0.2) is 0 Å². The maximum absolute atomic E-state index is 12.7. The standard InChI is InChI=1S/C21H22N2O2S/c24-20(9-8-16-5-2-1-3-6-16)22-10-12-23(13-11-22)21(25)18-15-17(18)19-7-4-14-26-19/h1-9,14,17-18H,10-13,15H2. The Balaban J connectivity index is 1.27. The van der Waals surface area contributed by atoms with Crippen molar-refractivity contribution in [2.24, 2.45) is 5.92 Å². The van der Waals surface area contributed by atoms with Crippen molar-refractivity contribution in [3.05, 3.63) is 64.4 Å². The third-order valence-electron chi connectivity index (χ3n) is 5.14. The van der Waals surface area contributed by atoms with E-state index < -0.39 is 0 Å². The number of rotatable bonds is 4. The van der Waals surface area contributed by atoms with E-state index in [1.165, 1.54) is 4.88 Å². The number of hydrogen-bond donors (Lipinski definition) is 0. The van der Waals surface area contributed by atoms with Gasteiger partial charge in [0.25, 0.3) is 0 Å². The number of hydrogen-bond acceptors (Lipinski definition) is 3. The topological polar surface area (TPSA) is 40.6 Å². The second kappa shape index (κ2) is 7.46. The molecule has 1 aliphatic heterocycles. The molecule has 2 fully saturated rings. The molecule has 2 aliphatic rings. The van der Waals surface area contributed by atoms with Crippen molar-refractivity contribution in [2.75, 3.05) is 26.2 Å². The van der Waals surface area contributed by atoms with E-state index in [-0.39, 0.29) is 17.7 Å². The molecule has 0 spiro atoms. The van der Waals surface area contributed by atoms with E-state index in [9.17, 15) is 9.59 Å². The quantitative estimate of drug-likeness (QED) is 0.780. The molecule has 4 nitrogen and oxygen atoms in total. The molecule has 0 radical (unpaired) electrons. The lowest BCUT2D eigenvalue weighted by molar-refractivity contribution is -0.138. The van der Waals surface area contributed by atoms with Crippen LogP contribution in [0, 0.1) is 5.92 Å². The smallest absolute Gasteiger partial charge is 0.246 e. The Bertz CT molecular complexity index is 793. The molecule has 134 valence electrons. The van der Waals surface area contributed by atoms with E-state index in [2.05, 4.69) is 11.4 Å². The highest BCUT2D eigenvalue weighted by Crippen LogP contribution is 2.50. The van der Waals surface area contributed by atoms with Gasteiger partial charge in [0.1, 0.15) is 0 Å². The van der Waals surface area contributed by atoms with E-state index >= 15 is 0 Å². The molecule has 1 saturated carbocycles. The van der Waals surface area contributed by atoms with Gasteiger partial charge in [-0.1, -0.05) is 36.4 Å². The summed E-state index contributed by atoms with van der Waals surface area (Å²) in [6.07, 6.45) is 4.44. The summed E-state index contributed by atoms with van der Waals surface area (Å²) < 4.78 is 0. The summed E-state index contributed by atoms with van der Waals surface area (Å²) in [5.41, 5.74) is 1.02. The minimum atomic E-state index is 0.0174. The first kappa shape index (κ1) is 17.0. The number of carbonyl (C=O) groups is 2. The molecule has 1 aromatic carbocycles. The Labute approximate surface area is 157 Å². The number of amides is 2. The summed E-state index contributed by atoms with van der Waals surface area (Å²) in [5, 5.41) is 2.07. The van der Waals surface area contributed by atoms with Gasteiger partial charge in [0, 0.05) is 49.0 Å². The number of nitrogens with zero attached hydrogens (tertiary/aromatic N) is 2. The highest BCUT2D eigenvalue weighted by molar-refractivity contribution is 7.10. The lowest BCUT2D eigenvalue weighted by atomic mass is 10.2. The molecule has 2 unspecified atom stereocenters. The first-order valence-electron chi connectivity index (χ1n) is 9.06. The van der Waals surface area contributed by atoms with Gasteiger partial charge in [-0.25, -0.2) is 0 Å². The van der Waals surface area contributed by atoms with Gasteiger partial charge in [-0.3, -0.25) is 9.59 Å². The lowest BCUT2D eigenvalue weighted by Crippen LogP contribution is -2.50. The van der Waals surface area contributed by atoms with Gasteiger partial charge in [0.05, 0.1) is 0 Å². The van der Waals surface area contributed by atoms with Crippen LogP contribution in [0.4, 0.5) is 0 Å². The molecule has 0 bridgehead atoms. The maximum atomic E-state index is 12.7. The van der Waals surface area contributed by atoms with Crippen molar-refractivity contribution < 1.29 is 9.59 Å². The van der Waals surface area contributed by atoms with Crippen molar-refractivity contribution in [3.8, 4) is 0 Å². The summed E-state index contributed by atoms with van der Waals surface area (Å²) in [6, 6.07) is 14.0. The van der Waals surface area contributed by atoms with Gasteiger partial charge in [-0.15, -0.1) is 11.3 Å². The van der Waals surface area contributed by atoms with Gasteiger partial charge < -0.3 is 9.80 Å². The monoisotopic (exact) mass is 366 g/mol. The zero-order valence-corrected chi connectivity index (χ0v) is 15.4. The third-order valence-corrected chi connectivity index (χ3v) is 6.14. The molecular weight excluding hydrogens is 344 g/mol. The van der Waals surface area contributed by atoms with Crippen molar-refractivity contribution in [3.63, 3.8) is 0 Å². The SMILES string of the molecule is O=C(C=Cc1ccccc1)N1CCN(C(=O)C2CC2c2cccs2)CC1. The Morgan fingerprint density at radius 1 is 0.962 bits per heavy atom. The second-order valence-electron chi connectivity index (χ2n) is 6.86. The molecule has 4 rings (SSSR count). The zero-order valence-electron chi connectivity index (χ0n) is 14.6. The molecular formula is C21H22N2O2S. The molecule has 26 heavy (non-hydrogen) atoms. The van der Waals surface area contributed by atoms with Gasteiger partial charge in [0.2, 0.25) is 11.8 Å². The Morgan fingerprint density at radius 2 is 1.69 bits per heavy atom. The minimum Gasteiger partial charge on any atom is -0.339 e. The lowest BCUT2D eigenvalue weighted by Gasteiger charge is -2.34. The van der Waals surface area contributed by atoms with E-state index in [0.717, 1.165) is 12.0 Å². The largest absolute Gasteiger partial charge is 0.339 e. The van der Waals surface area contributed by atoms with Crippen LogP contribution < -0.4 is 0 Å². The molecule has 2 aromatic rings. The van der Waals surface area contributed by atoms with E-state index in [1.54, 1.807) is 17.4 Å². The Morgan fingerprint density at radius 3 is 2.38 bits per heavy atom. The normalized spacial score (nSPS) is 22.6. The van der Waals surface area contributed by atoms with Crippen molar-refractivity contribution in [1.29, 1.82) is 0 Å². The summed E-state index contributed by atoms with van der Waals surface area (Å²) in [5.74, 6) is 0.837. The first-order valence-corrected chi connectivity index (χ1v) is 9.94. The summed E-state index contributed by atoms with van der Waals surface area (Å²) in [4.78, 5) is 30.1. The molecule has 1 aliphatic carbocycles. The van der Waals surface area contributed by atoms with Crippen LogP contribution in [-0.2, 0) is 9.59 Å². The van der Waals surface area contributed by atoms with Crippen molar-refractivity contribution in [2.45, 2.75) is 12.3 Å². The highest BCUT2D eigenvalue weighted by Gasteiger charge is 2.46. The fourth-order valence-electron chi connectivity index (χ4n) is 3.50. The van der Waals surface area contributed by atoms with Crippen LogP contribution in [0.3, 0.4) is 0 Å². The average molecular weight is 366 g/mol. The van der Waals surface area contributed by atoms with Gasteiger partial charge in [-0.05, 0) is 29.5 Å². The molecule has 2 heterocycles. The fraction of sp³-hybridized carbons (Fsp3) is 0.333. The minimum absolute atomic E-state index is 0.0174. The Kier molecular flexibility index (Phi) is 4.89. The number of benzene rings is 1. The molecule has 1 aromatic heterocycles. The van der Waals surface area contributed by atoms with Crippen LogP contribution in [0.1, 0.15) is 22.8 Å². The van der Waals surface area contributed by atoms with E-state index in [1.807, 2.05) is 52.3 Å². The summed E-state index contributed by atoms with van der Waals surface area (Å²) >= 11 is 1.74. The van der Waals surface area contributed by atoms with Crippen LogP contribution in [0.2, 0.25) is 0 Å². The summed E-state index contributed by atoms with van der Waals surface area (Å²) in [7, 11) is 0. The third kappa shape index (κ3) is 3.73. The highest BCUT2D eigenvalue weighted by atomic mass is 32.1.